The van der Waals surface area contributed by atoms with Gasteiger partial charge in [0, 0.05) is 47.2 Å². The molecule has 38 heavy (non-hydrogen) atoms. The fourth-order valence-electron chi connectivity index (χ4n) is 4.36. The van der Waals surface area contributed by atoms with Crippen LogP contribution in [0.25, 0.3) is 27.7 Å². The van der Waals surface area contributed by atoms with Crippen LogP contribution in [-0.2, 0) is 13.5 Å². The molecule has 1 amide bonds. The molecule has 0 aliphatic carbocycles. The van der Waals surface area contributed by atoms with E-state index in [-0.39, 0.29) is 11.5 Å². The van der Waals surface area contributed by atoms with Crippen molar-refractivity contribution in [2.45, 2.75) is 13.3 Å². The Bertz CT molecular complexity index is 1820. The molecule has 0 aliphatic rings. The number of hydrogen-bond donors (Lipinski definition) is 3. The molecule has 0 atom stereocenters. The number of aryl methyl sites for hydroxylation is 2. The SMILES string of the molecule is CCc1[nH]c2cccc(C#Cc3cnn(C)c3)c2c1-c1ccccc1.NC(=O)c1c(N)nc2cccnn12. The van der Waals surface area contributed by atoms with Gasteiger partial charge in [-0.2, -0.15) is 10.2 Å². The molecule has 0 aliphatic heterocycles. The normalized spacial score (nSPS) is 10.6. The van der Waals surface area contributed by atoms with Crippen LogP contribution in [-0.4, -0.2) is 35.3 Å². The van der Waals surface area contributed by atoms with Crippen molar-refractivity contribution in [1.29, 1.82) is 0 Å². The number of hydrogen-bond acceptors (Lipinski definition) is 5. The van der Waals surface area contributed by atoms with E-state index in [4.69, 9.17) is 11.5 Å². The fourth-order valence-corrected chi connectivity index (χ4v) is 4.36. The minimum atomic E-state index is -0.635. The van der Waals surface area contributed by atoms with Gasteiger partial charge < -0.3 is 16.5 Å². The van der Waals surface area contributed by atoms with E-state index in [9.17, 15) is 4.79 Å². The lowest BCUT2D eigenvalue weighted by molar-refractivity contribution is 0.0994. The number of amides is 1. The van der Waals surface area contributed by atoms with Gasteiger partial charge in [-0.1, -0.05) is 55.2 Å². The number of nitrogens with one attached hydrogen (secondary N) is 1. The molecule has 6 aromatic rings. The average molecular weight is 503 g/mol. The number of primary amides is 1. The summed E-state index contributed by atoms with van der Waals surface area (Å²) in [6, 6.07) is 20.2. The maximum atomic E-state index is 10.9. The highest BCUT2D eigenvalue weighted by Crippen LogP contribution is 2.34. The summed E-state index contributed by atoms with van der Waals surface area (Å²) < 4.78 is 3.09. The van der Waals surface area contributed by atoms with Crippen LogP contribution < -0.4 is 11.5 Å². The largest absolute Gasteiger partial charge is 0.382 e. The predicted octanol–water partition coefficient (Wildman–Crippen LogP) is 3.94. The van der Waals surface area contributed by atoms with Gasteiger partial charge in [0.2, 0.25) is 0 Å². The molecular formula is C29H26N8O. The number of carbonyl (C=O) groups is 1. The standard InChI is InChI=1S/C22H19N3.C7H7N5O/c1-3-19-21(17-8-5-4-6-9-17)22-18(10-7-11-20(22)24-19)13-12-16-14-23-25(2)15-16;8-6-5(7(9)13)12-4(11-6)2-1-3-10-12/h4-11,14-15,24H,3H2,1-2H3;1-3H,8H2,(H2,9,13). The number of aromatic nitrogens is 6. The lowest BCUT2D eigenvalue weighted by Gasteiger charge is -2.04. The van der Waals surface area contributed by atoms with Gasteiger partial charge in [0.15, 0.2) is 17.2 Å². The van der Waals surface area contributed by atoms with E-state index in [0.717, 1.165) is 23.1 Å². The Kier molecular flexibility index (Phi) is 6.61. The third-order valence-electron chi connectivity index (χ3n) is 6.02. The van der Waals surface area contributed by atoms with Crippen LogP contribution >= 0.6 is 0 Å². The fraction of sp³-hybridized carbons (Fsp3) is 0.103. The van der Waals surface area contributed by atoms with Gasteiger partial charge in [-0.25, -0.2) is 9.50 Å². The molecule has 0 unspecified atom stereocenters. The topological polar surface area (TPSA) is 133 Å². The van der Waals surface area contributed by atoms with Crippen LogP contribution in [0.1, 0.15) is 34.2 Å². The summed E-state index contributed by atoms with van der Waals surface area (Å²) in [6.45, 7) is 2.18. The zero-order valence-corrected chi connectivity index (χ0v) is 21.0. The molecule has 4 aromatic heterocycles. The van der Waals surface area contributed by atoms with Gasteiger partial charge in [-0.05, 0) is 36.2 Å². The summed E-state index contributed by atoms with van der Waals surface area (Å²) in [6.07, 6.45) is 6.20. The second-order valence-electron chi connectivity index (χ2n) is 8.58. The molecule has 0 bridgehead atoms. The van der Waals surface area contributed by atoms with Crippen LogP contribution in [0.15, 0.2) is 79.3 Å². The highest BCUT2D eigenvalue weighted by atomic mass is 16.1. The first kappa shape index (κ1) is 24.3. The lowest BCUT2D eigenvalue weighted by atomic mass is 9.98. The predicted molar refractivity (Wildman–Crippen MR) is 148 cm³/mol. The van der Waals surface area contributed by atoms with Crippen molar-refractivity contribution in [3.05, 3.63) is 102 Å². The average Bonchev–Trinajstić information content (AvgIpc) is 3.62. The number of imidazole rings is 1. The zero-order chi connectivity index (χ0) is 26.6. The minimum Gasteiger partial charge on any atom is -0.382 e. The molecule has 4 heterocycles. The number of benzene rings is 2. The van der Waals surface area contributed by atoms with Crippen LogP contribution in [0.2, 0.25) is 0 Å². The van der Waals surface area contributed by atoms with Crippen molar-refractivity contribution in [3.63, 3.8) is 0 Å². The van der Waals surface area contributed by atoms with E-state index in [0.29, 0.717) is 5.65 Å². The van der Waals surface area contributed by atoms with Gasteiger partial charge in [0.05, 0.1) is 11.8 Å². The zero-order valence-electron chi connectivity index (χ0n) is 21.0. The number of H-pyrrole nitrogens is 1. The monoisotopic (exact) mass is 502 g/mol. The first-order valence-electron chi connectivity index (χ1n) is 12.0. The Morgan fingerprint density at radius 2 is 1.84 bits per heavy atom. The molecule has 6 rings (SSSR count). The third kappa shape index (κ3) is 4.70. The second-order valence-corrected chi connectivity index (χ2v) is 8.58. The Hall–Kier alpha value is -5.36. The molecule has 2 aromatic carbocycles. The van der Waals surface area contributed by atoms with Crippen molar-refractivity contribution in [1.82, 2.24) is 29.4 Å². The van der Waals surface area contributed by atoms with Gasteiger partial charge in [-0.3, -0.25) is 9.48 Å². The molecule has 9 nitrogen and oxygen atoms in total. The molecular weight excluding hydrogens is 476 g/mol. The second kappa shape index (κ2) is 10.3. The lowest BCUT2D eigenvalue weighted by Crippen LogP contribution is -2.16. The summed E-state index contributed by atoms with van der Waals surface area (Å²) >= 11 is 0. The summed E-state index contributed by atoms with van der Waals surface area (Å²) in [4.78, 5) is 18.4. The number of nitrogen functional groups attached to an aromatic ring is 1. The van der Waals surface area contributed by atoms with Crippen molar-refractivity contribution >= 4 is 28.3 Å². The number of anilines is 1. The first-order valence-corrected chi connectivity index (χ1v) is 12.0. The van der Waals surface area contributed by atoms with E-state index < -0.39 is 5.91 Å². The Labute approximate surface area is 219 Å². The molecule has 9 heteroatoms. The number of nitrogens with zero attached hydrogens (tertiary/aromatic N) is 5. The first-order chi connectivity index (χ1) is 18.5. The van der Waals surface area contributed by atoms with Crippen LogP contribution in [0, 0.1) is 11.8 Å². The van der Waals surface area contributed by atoms with E-state index in [1.807, 2.05) is 19.3 Å². The summed E-state index contributed by atoms with van der Waals surface area (Å²) in [5.41, 5.74) is 18.0. The van der Waals surface area contributed by atoms with Crippen LogP contribution in [0.4, 0.5) is 5.82 Å². The minimum absolute atomic E-state index is 0.103. The Morgan fingerprint density at radius 3 is 2.55 bits per heavy atom. The smallest absolute Gasteiger partial charge is 0.271 e. The van der Waals surface area contributed by atoms with Crippen molar-refractivity contribution in [2.24, 2.45) is 12.8 Å². The van der Waals surface area contributed by atoms with E-state index in [1.165, 1.54) is 32.9 Å². The highest BCUT2D eigenvalue weighted by Gasteiger charge is 2.15. The van der Waals surface area contributed by atoms with Crippen molar-refractivity contribution < 1.29 is 4.79 Å². The summed E-state index contributed by atoms with van der Waals surface area (Å²) in [5.74, 6) is 6.04. The summed E-state index contributed by atoms with van der Waals surface area (Å²) in [7, 11) is 1.90. The van der Waals surface area contributed by atoms with E-state index >= 15 is 0 Å². The third-order valence-corrected chi connectivity index (χ3v) is 6.02. The van der Waals surface area contributed by atoms with E-state index in [2.05, 4.69) is 81.4 Å². The Morgan fingerprint density at radius 1 is 1.03 bits per heavy atom. The number of fused-ring (bicyclic) bond motifs is 2. The molecule has 5 N–H and O–H groups in total. The molecule has 0 spiro atoms. The number of nitrogens with two attached hydrogens (primary N) is 2. The number of carbonyl (C=O) groups excluding carboxylic acids is 1. The van der Waals surface area contributed by atoms with Gasteiger partial charge in [0.1, 0.15) is 0 Å². The van der Waals surface area contributed by atoms with Crippen molar-refractivity contribution in [3.8, 4) is 23.0 Å². The van der Waals surface area contributed by atoms with Crippen molar-refractivity contribution in [2.75, 3.05) is 5.73 Å². The van der Waals surface area contributed by atoms with Gasteiger partial charge in [0.25, 0.3) is 5.91 Å². The molecule has 0 radical (unpaired) electrons. The van der Waals surface area contributed by atoms with Gasteiger partial charge >= 0.3 is 0 Å². The molecule has 0 saturated carbocycles. The molecule has 0 fully saturated rings. The van der Waals surface area contributed by atoms with Crippen LogP contribution in [0.5, 0.6) is 0 Å². The highest BCUT2D eigenvalue weighted by molar-refractivity contribution is 6.01. The number of aromatic amines is 1. The molecule has 188 valence electrons. The van der Waals surface area contributed by atoms with E-state index in [1.54, 1.807) is 23.0 Å². The maximum Gasteiger partial charge on any atom is 0.271 e. The van der Waals surface area contributed by atoms with Gasteiger partial charge in [-0.15, -0.1) is 0 Å². The molecule has 0 saturated heterocycles. The number of rotatable bonds is 3. The Balaban J connectivity index is 0.000000190. The van der Waals surface area contributed by atoms with Crippen LogP contribution in [0.3, 0.4) is 0 Å². The quantitative estimate of drug-likeness (QED) is 0.315. The summed E-state index contributed by atoms with van der Waals surface area (Å²) in [5, 5.41) is 9.27. The maximum absolute atomic E-state index is 10.9.